The van der Waals surface area contributed by atoms with Gasteiger partial charge in [-0.1, -0.05) is 18.2 Å². The van der Waals surface area contributed by atoms with Crippen LogP contribution in [-0.2, 0) is 11.2 Å². The molecular weight excluding hydrogens is 368 g/mol. The zero-order chi connectivity index (χ0) is 18.8. The lowest BCUT2D eigenvalue weighted by Crippen LogP contribution is -2.15. The van der Waals surface area contributed by atoms with E-state index in [4.69, 9.17) is 0 Å². The van der Waals surface area contributed by atoms with Crippen molar-refractivity contribution in [1.29, 1.82) is 0 Å². The summed E-state index contributed by atoms with van der Waals surface area (Å²) in [6.45, 7) is 0. The van der Waals surface area contributed by atoms with Crippen molar-refractivity contribution in [2.75, 3.05) is 5.32 Å². The van der Waals surface area contributed by atoms with Gasteiger partial charge in [0.2, 0.25) is 5.91 Å². The predicted molar refractivity (Wildman–Crippen MR) is 102 cm³/mol. The van der Waals surface area contributed by atoms with Gasteiger partial charge < -0.3 is 5.32 Å². The third kappa shape index (κ3) is 3.83. The predicted octanol–water partition coefficient (Wildman–Crippen LogP) is 4.82. The largest absolute Gasteiger partial charge is 0.324 e. The van der Waals surface area contributed by atoms with Crippen LogP contribution in [0.25, 0.3) is 22.2 Å². The summed E-state index contributed by atoms with van der Waals surface area (Å²) in [4.78, 5) is 20.9. The van der Waals surface area contributed by atoms with Crippen LogP contribution in [0.1, 0.15) is 5.69 Å². The van der Waals surface area contributed by atoms with Crippen molar-refractivity contribution < 1.29 is 13.6 Å². The topological polar surface area (TPSA) is 54.9 Å². The fourth-order valence-corrected chi connectivity index (χ4v) is 3.35. The third-order valence-corrected chi connectivity index (χ3v) is 4.61. The summed E-state index contributed by atoms with van der Waals surface area (Å²) in [5.41, 5.74) is 4.20. The lowest BCUT2D eigenvalue weighted by Gasteiger charge is -2.10. The molecule has 1 N–H and O–H groups in total. The Morgan fingerprint density at radius 1 is 1.07 bits per heavy atom. The second-order valence-electron chi connectivity index (χ2n) is 5.94. The number of rotatable bonds is 4. The van der Waals surface area contributed by atoms with Crippen LogP contribution in [0.5, 0.6) is 0 Å². The van der Waals surface area contributed by atoms with E-state index in [-0.39, 0.29) is 12.3 Å². The number of carbonyl (C=O) groups excluding carboxylic acids is 1. The average Bonchev–Trinajstić information content (AvgIpc) is 3.13. The smallest absolute Gasteiger partial charge is 0.230 e. The van der Waals surface area contributed by atoms with Crippen LogP contribution in [0.15, 0.2) is 59.4 Å². The first-order valence-corrected chi connectivity index (χ1v) is 9.06. The molecule has 2 aromatic carbocycles. The number of pyridine rings is 1. The number of anilines is 1. The molecule has 0 radical (unpaired) electrons. The SMILES string of the molecule is O=C(Cc1cscn1)Nc1cccc2ccc(-c3cc(F)cc(F)c3)nc12. The van der Waals surface area contributed by atoms with Crippen LogP contribution in [0.2, 0.25) is 0 Å². The van der Waals surface area contributed by atoms with Crippen LogP contribution >= 0.6 is 11.3 Å². The number of benzene rings is 2. The Morgan fingerprint density at radius 3 is 2.63 bits per heavy atom. The van der Waals surface area contributed by atoms with Gasteiger partial charge >= 0.3 is 0 Å². The number of thiazole rings is 1. The van der Waals surface area contributed by atoms with Gasteiger partial charge in [0, 0.05) is 22.4 Å². The molecule has 4 aromatic rings. The van der Waals surface area contributed by atoms with Gasteiger partial charge in [-0.25, -0.2) is 18.7 Å². The lowest BCUT2D eigenvalue weighted by molar-refractivity contribution is -0.115. The fourth-order valence-electron chi connectivity index (χ4n) is 2.79. The van der Waals surface area contributed by atoms with Crippen LogP contribution in [0.4, 0.5) is 14.5 Å². The Morgan fingerprint density at radius 2 is 1.89 bits per heavy atom. The van der Waals surface area contributed by atoms with Crippen molar-refractivity contribution in [3.8, 4) is 11.3 Å². The van der Waals surface area contributed by atoms with Crippen LogP contribution in [0.3, 0.4) is 0 Å². The van der Waals surface area contributed by atoms with Crippen LogP contribution in [0, 0.1) is 11.6 Å². The van der Waals surface area contributed by atoms with Crippen molar-refractivity contribution in [2.24, 2.45) is 0 Å². The second-order valence-corrected chi connectivity index (χ2v) is 6.66. The van der Waals surface area contributed by atoms with Gasteiger partial charge in [0.1, 0.15) is 11.6 Å². The molecule has 0 unspecified atom stereocenters. The molecule has 7 heteroatoms. The van der Waals surface area contributed by atoms with Crippen molar-refractivity contribution in [1.82, 2.24) is 9.97 Å². The normalized spacial score (nSPS) is 10.9. The van der Waals surface area contributed by atoms with Crippen molar-refractivity contribution in [3.63, 3.8) is 0 Å². The van der Waals surface area contributed by atoms with E-state index < -0.39 is 11.6 Å². The molecule has 27 heavy (non-hydrogen) atoms. The van der Waals surface area contributed by atoms with E-state index in [9.17, 15) is 13.6 Å². The molecule has 4 nitrogen and oxygen atoms in total. The van der Waals surface area contributed by atoms with Crippen LogP contribution in [-0.4, -0.2) is 15.9 Å². The minimum absolute atomic E-state index is 0.161. The third-order valence-electron chi connectivity index (χ3n) is 3.98. The molecule has 1 amide bonds. The van der Waals surface area contributed by atoms with Gasteiger partial charge in [0.15, 0.2) is 0 Å². The minimum Gasteiger partial charge on any atom is -0.324 e. The minimum atomic E-state index is -0.670. The Labute approximate surface area is 157 Å². The van der Waals surface area contributed by atoms with Gasteiger partial charge in [-0.05, 0) is 24.3 Å². The summed E-state index contributed by atoms with van der Waals surface area (Å²) in [5.74, 6) is -1.55. The standard InChI is InChI=1S/C20H13F2N3OS/c21-14-6-13(7-15(22)8-14)17-5-4-12-2-1-3-18(20(12)25-17)24-19(26)9-16-10-27-11-23-16/h1-8,10-11H,9H2,(H,24,26). The van der Waals surface area contributed by atoms with E-state index in [1.807, 2.05) is 17.5 Å². The molecule has 134 valence electrons. The Bertz CT molecular complexity index is 1110. The Hall–Kier alpha value is -3.19. The molecule has 0 fully saturated rings. The molecular formula is C20H13F2N3OS. The van der Waals surface area contributed by atoms with Crippen molar-refractivity contribution in [3.05, 3.63) is 76.7 Å². The number of fused-ring (bicyclic) bond motifs is 1. The maximum absolute atomic E-state index is 13.5. The molecule has 0 aliphatic heterocycles. The highest BCUT2D eigenvalue weighted by Crippen LogP contribution is 2.27. The summed E-state index contributed by atoms with van der Waals surface area (Å²) < 4.78 is 27.1. The van der Waals surface area contributed by atoms with Gasteiger partial charge in [-0.2, -0.15) is 0 Å². The van der Waals surface area contributed by atoms with E-state index in [1.165, 1.54) is 23.5 Å². The summed E-state index contributed by atoms with van der Waals surface area (Å²) >= 11 is 1.43. The van der Waals surface area contributed by atoms with E-state index >= 15 is 0 Å². The number of aromatic nitrogens is 2. The van der Waals surface area contributed by atoms with Gasteiger partial charge in [0.05, 0.1) is 34.5 Å². The number of hydrogen-bond donors (Lipinski definition) is 1. The quantitative estimate of drug-likeness (QED) is 0.552. The maximum atomic E-state index is 13.5. The highest BCUT2D eigenvalue weighted by molar-refractivity contribution is 7.07. The second kappa shape index (κ2) is 7.20. The number of amides is 1. The first kappa shape index (κ1) is 17.2. The Balaban J connectivity index is 1.70. The molecule has 4 rings (SSSR count). The van der Waals surface area contributed by atoms with Crippen molar-refractivity contribution in [2.45, 2.75) is 6.42 Å². The fraction of sp³-hybridized carbons (Fsp3) is 0.0500. The molecule has 0 saturated heterocycles. The highest BCUT2D eigenvalue weighted by Gasteiger charge is 2.11. The molecule has 0 aliphatic carbocycles. The number of hydrogen-bond acceptors (Lipinski definition) is 4. The zero-order valence-corrected chi connectivity index (χ0v) is 14.8. The lowest BCUT2D eigenvalue weighted by atomic mass is 10.1. The van der Waals surface area contributed by atoms with E-state index in [1.54, 1.807) is 23.7 Å². The number of nitrogens with one attached hydrogen (secondary N) is 1. The molecule has 0 bridgehead atoms. The van der Waals surface area contributed by atoms with Crippen LogP contribution < -0.4 is 5.32 Å². The molecule has 0 atom stereocenters. The first-order chi connectivity index (χ1) is 13.1. The van der Waals surface area contributed by atoms with Gasteiger partial charge in [-0.15, -0.1) is 11.3 Å². The summed E-state index contributed by atoms with van der Waals surface area (Å²) in [5, 5.41) is 5.46. The number of nitrogens with zero attached hydrogens (tertiary/aromatic N) is 2. The first-order valence-electron chi connectivity index (χ1n) is 8.12. The summed E-state index contributed by atoms with van der Waals surface area (Å²) in [6, 6.07) is 12.2. The van der Waals surface area contributed by atoms with E-state index in [0.29, 0.717) is 28.2 Å². The average molecular weight is 381 g/mol. The van der Waals surface area contributed by atoms with E-state index in [0.717, 1.165) is 11.5 Å². The summed E-state index contributed by atoms with van der Waals surface area (Å²) in [6.07, 6.45) is 0.161. The van der Waals surface area contributed by atoms with Crippen molar-refractivity contribution >= 4 is 33.8 Å². The number of carbonyl (C=O) groups is 1. The van der Waals surface area contributed by atoms with Gasteiger partial charge in [-0.3, -0.25) is 4.79 Å². The zero-order valence-electron chi connectivity index (χ0n) is 13.9. The Kier molecular flexibility index (Phi) is 4.60. The number of para-hydroxylation sites is 1. The highest BCUT2D eigenvalue weighted by atomic mass is 32.1. The monoisotopic (exact) mass is 381 g/mol. The summed E-state index contributed by atoms with van der Waals surface area (Å²) in [7, 11) is 0. The van der Waals surface area contributed by atoms with Gasteiger partial charge in [0.25, 0.3) is 0 Å². The molecule has 0 spiro atoms. The maximum Gasteiger partial charge on any atom is 0.230 e. The van der Waals surface area contributed by atoms with E-state index in [2.05, 4.69) is 15.3 Å². The molecule has 0 saturated carbocycles. The number of halogens is 2. The molecule has 0 aliphatic rings. The molecule has 2 aromatic heterocycles. The molecule has 2 heterocycles.